The summed E-state index contributed by atoms with van der Waals surface area (Å²) in [6, 6.07) is 5.24. The highest BCUT2D eigenvalue weighted by atomic mass is 127. The largest absolute Gasteiger partial charge is 0.416 e. The molecule has 1 atom stereocenters. The van der Waals surface area contributed by atoms with E-state index in [0.717, 1.165) is 37.3 Å². The number of aromatic nitrogens is 2. The minimum Gasteiger partial charge on any atom is -0.370 e. The number of guanidine groups is 1. The van der Waals surface area contributed by atoms with Crippen LogP contribution >= 0.6 is 24.0 Å². The number of benzene rings is 1. The zero-order valence-electron chi connectivity index (χ0n) is 13.3. The van der Waals surface area contributed by atoms with E-state index < -0.39 is 11.7 Å². The summed E-state index contributed by atoms with van der Waals surface area (Å²) >= 11 is 0. The van der Waals surface area contributed by atoms with Crippen molar-refractivity contribution >= 4 is 29.9 Å². The number of nitrogens with two attached hydrogens (primary N) is 1. The second-order valence-corrected chi connectivity index (χ2v) is 5.77. The van der Waals surface area contributed by atoms with Crippen LogP contribution in [0, 0.1) is 0 Å². The number of hydrogen-bond donors (Lipinski definition) is 2. The first-order valence-corrected chi connectivity index (χ1v) is 7.64. The standard InChI is InChI=1S/C16H18F3N5.HI/c17-16(18,19)12-3-1-2-11(8-12)10-22-15(20)23-13-4-6-24-7-5-21-14(24)9-13;/h1-3,5,7-8,13H,4,6,9-10H2,(H3,20,22,23);1H. The highest BCUT2D eigenvalue weighted by Gasteiger charge is 2.30. The van der Waals surface area contributed by atoms with Gasteiger partial charge in [0.1, 0.15) is 5.82 Å². The second kappa shape index (κ2) is 8.07. The predicted molar refractivity (Wildman–Crippen MR) is 99.7 cm³/mol. The normalized spacial score (nSPS) is 17.6. The number of nitrogens with zero attached hydrogens (tertiary/aromatic N) is 3. The fourth-order valence-electron chi connectivity index (χ4n) is 2.75. The molecule has 0 saturated heterocycles. The van der Waals surface area contributed by atoms with Crippen molar-refractivity contribution in [1.29, 1.82) is 0 Å². The molecule has 0 spiro atoms. The molecule has 1 aromatic heterocycles. The molecule has 5 nitrogen and oxygen atoms in total. The lowest BCUT2D eigenvalue weighted by molar-refractivity contribution is -0.137. The van der Waals surface area contributed by atoms with Crippen molar-refractivity contribution in [3.63, 3.8) is 0 Å². The minimum absolute atomic E-state index is 0. The maximum atomic E-state index is 12.7. The molecule has 3 N–H and O–H groups in total. The van der Waals surface area contributed by atoms with E-state index in [0.29, 0.717) is 5.56 Å². The van der Waals surface area contributed by atoms with E-state index in [2.05, 4.69) is 19.9 Å². The summed E-state index contributed by atoms with van der Waals surface area (Å²) in [6.07, 6.45) is 0.989. The summed E-state index contributed by atoms with van der Waals surface area (Å²) in [5.41, 5.74) is 5.65. The Labute approximate surface area is 160 Å². The third-order valence-electron chi connectivity index (χ3n) is 3.99. The number of aliphatic imine (C=N–C) groups is 1. The number of imidazole rings is 1. The lowest BCUT2D eigenvalue weighted by Gasteiger charge is -2.24. The molecule has 1 aliphatic rings. The molecular formula is C16H19F3IN5. The Morgan fingerprint density at radius 3 is 2.96 bits per heavy atom. The molecule has 2 heterocycles. The van der Waals surface area contributed by atoms with Crippen LogP contribution in [0.15, 0.2) is 41.7 Å². The topological polar surface area (TPSA) is 68.2 Å². The van der Waals surface area contributed by atoms with Crippen molar-refractivity contribution in [3.8, 4) is 0 Å². The van der Waals surface area contributed by atoms with Gasteiger partial charge in [-0.3, -0.25) is 0 Å². The first-order valence-electron chi connectivity index (χ1n) is 7.64. The molecule has 0 saturated carbocycles. The van der Waals surface area contributed by atoms with Crippen molar-refractivity contribution in [2.45, 2.75) is 38.1 Å². The quantitative estimate of drug-likeness (QED) is 0.416. The number of aryl methyl sites for hydroxylation is 1. The average Bonchev–Trinajstić information content (AvgIpc) is 3.00. The van der Waals surface area contributed by atoms with Crippen molar-refractivity contribution < 1.29 is 13.2 Å². The van der Waals surface area contributed by atoms with Crippen LogP contribution in [0.25, 0.3) is 0 Å². The van der Waals surface area contributed by atoms with Crippen LogP contribution < -0.4 is 11.1 Å². The Balaban J connectivity index is 0.00000225. The van der Waals surface area contributed by atoms with Gasteiger partial charge in [-0.1, -0.05) is 12.1 Å². The molecule has 0 bridgehead atoms. The van der Waals surface area contributed by atoms with Crippen LogP contribution in [0.2, 0.25) is 0 Å². The summed E-state index contributed by atoms with van der Waals surface area (Å²) in [7, 11) is 0. The summed E-state index contributed by atoms with van der Waals surface area (Å²) < 4.78 is 40.2. The predicted octanol–water partition coefficient (Wildman–Crippen LogP) is 2.94. The molecule has 136 valence electrons. The van der Waals surface area contributed by atoms with Crippen LogP contribution in [-0.4, -0.2) is 21.6 Å². The maximum Gasteiger partial charge on any atom is 0.416 e. The van der Waals surface area contributed by atoms with Gasteiger partial charge in [-0.25, -0.2) is 9.98 Å². The van der Waals surface area contributed by atoms with Crippen LogP contribution in [-0.2, 0) is 25.7 Å². The highest BCUT2D eigenvalue weighted by molar-refractivity contribution is 14.0. The Hall–Kier alpha value is -1.78. The summed E-state index contributed by atoms with van der Waals surface area (Å²) in [5, 5.41) is 3.12. The lowest BCUT2D eigenvalue weighted by atomic mass is 10.1. The van der Waals surface area contributed by atoms with Crippen LogP contribution in [0.1, 0.15) is 23.4 Å². The van der Waals surface area contributed by atoms with Gasteiger partial charge in [0.05, 0.1) is 12.1 Å². The monoisotopic (exact) mass is 465 g/mol. The molecule has 2 aromatic rings. The van der Waals surface area contributed by atoms with Gasteiger partial charge < -0.3 is 15.6 Å². The summed E-state index contributed by atoms with van der Waals surface area (Å²) in [6.45, 7) is 0.956. The number of alkyl halides is 3. The molecule has 9 heteroatoms. The van der Waals surface area contributed by atoms with E-state index in [4.69, 9.17) is 5.73 Å². The Bertz CT molecular complexity index is 741. The highest BCUT2D eigenvalue weighted by Crippen LogP contribution is 2.29. The first kappa shape index (κ1) is 19.5. The molecule has 0 aliphatic carbocycles. The van der Waals surface area contributed by atoms with E-state index in [9.17, 15) is 13.2 Å². The SMILES string of the molecule is I.NC(=NCc1cccc(C(F)(F)F)c1)NC1CCn2ccnc2C1. The third kappa shape index (κ3) is 5.10. The van der Waals surface area contributed by atoms with E-state index in [1.54, 1.807) is 12.3 Å². The third-order valence-corrected chi connectivity index (χ3v) is 3.99. The van der Waals surface area contributed by atoms with Crippen molar-refractivity contribution in [2.75, 3.05) is 0 Å². The first-order chi connectivity index (χ1) is 11.4. The van der Waals surface area contributed by atoms with Gasteiger partial charge in [0.15, 0.2) is 5.96 Å². The molecule has 25 heavy (non-hydrogen) atoms. The molecule has 0 radical (unpaired) electrons. The van der Waals surface area contributed by atoms with Gasteiger partial charge >= 0.3 is 6.18 Å². The fourth-order valence-corrected chi connectivity index (χ4v) is 2.75. The lowest BCUT2D eigenvalue weighted by Crippen LogP contribution is -2.44. The molecule has 1 aliphatic heterocycles. The van der Waals surface area contributed by atoms with Crippen molar-refractivity contribution in [1.82, 2.24) is 14.9 Å². The number of halogens is 4. The number of nitrogens with one attached hydrogen (secondary N) is 1. The van der Waals surface area contributed by atoms with Crippen LogP contribution in [0.4, 0.5) is 13.2 Å². The van der Waals surface area contributed by atoms with E-state index in [1.165, 1.54) is 6.07 Å². The van der Waals surface area contributed by atoms with E-state index >= 15 is 0 Å². The Kier molecular flexibility index (Phi) is 6.31. The van der Waals surface area contributed by atoms with Gasteiger partial charge in [-0.15, -0.1) is 24.0 Å². The molecule has 0 amide bonds. The molecular weight excluding hydrogens is 446 g/mol. The summed E-state index contributed by atoms with van der Waals surface area (Å²) in [5.74, 6) is 1.22. The van der Waals surface area contributed by atoms with Gasteiger partial charge in [0.25, 0.3) is 0 Å². The molecule has 1 unspecified atom stereocenters. The minimum atomic E-state index is -4.35. The van der Waals surface area contributed by atoms with E-state index in [1.807, 2.05) is 6.20 Å². The summed E-state index contributed by atoms with van der Waals surface area (Å²) in [4.78, 5) is 8.42. The second-order valence-electron chi connectivity index (χ2n) is 5.77. The van der Waals surface area contributed by atoms with Crippen LogP contribution in [0.3, 0.4) is 0 Å². The van der Waals surface area contributed by atoms with Gasteiger partial charge in [-0.05, 0) is 24.1 Å². The van der Waals surface area contributed by atoms with Crippen molar-refractivity contribution in [2.24, 2.45) is 10.7 Å². The van der Waals surface area contributed by atoms with Gasteiger partial charge in [-0.2, -0.15) is 13.2 Å². The van der Waals surface area contributed by atoms with Crippen LogP contribution in [0.5, 0.6) is 0 Å². The molecule has 3 rings (SSSR count). The number of rotatable bonds is 3. The van der Waals surface area contributed by atoms with Gasteiger partial charge in [0.2, 0.25) is 0 Å². The number of fused-ring (bicyclic) bond motifs is 1. The Morgan fingerprint density at radius 2 is 2.20 bits per heavy atom. The smallest absolute Gasteiger partial charge is 0.370 e. The van der Waals surface area contributed by atoms with Gasteiger partial charge in [0, 0.05) is 31.4 Å². The average molecular weight is 465 g/mol. The molecule has 1 aromatic carbocycles. The maximum absolute atomic E-state index is 12.7. The van der Waals surface area contributed by atoms with Crippen molar-refractivity contribution in [3.05, 3.63) is 53.6 Å². The fraction of sp³-hybridized carbons (Fsp3) is 0.375. The molecule has 0 fully saturated rings. The van der Waals surface area contributed by atoms with E-state index in [-0.39, 0.29) is 42.5 Å². The number of hydrogen-bond acceptors (Lipinski definition) is 2. The zero-order chi connectivity index (χ0) is 17.2. The zero-order valence-corrected chi connectivity index (χ0v) is 15.7. The Morgan fingerprint density at radius 1 is 1.40 bits per heavy atom.